The first kappa shape index (κ1) is 17.7. The van der Waals surface area contributed by atoms with Crippen LogP contribution in [-0.4, -0.2) is 23.3 Å². The summed E-state index contributed by atoms with van der Waals surface area (Å²) in [5, 5.41) is 2.85. The van der Waals surface area contributed by atoms with Gasteiger partial charge in [-0.15, -0.1) is 0 Å². The molecule has 0 spiro atoms. The summed E-state index contributed by atoms with van der Waals surface area (Å²) in [4.78, 5) is 29.7. The van der Waals surface area contributed by atoms with Crippen LogP contribution in [0.5, 0.6) is 0 Å². The number of carbonyl (C=O) groups is 2. The molecule has 24 heavy (non-hydrogen) atoms. The molecule has 0 aliphatic carbocycles. The Morgan fingerprint density at radius 3 is 2.67 bits per heavy atom. The molecule has 1 aromatic carbocycles. The van der Waals surface area contributed by atoms with Crippen LogP contribution < -0.4 is 10.2 Å². The third kappa shape index (κ3) is 4.91. The molecule has 0 saturated carbocycles. The Labute approximate surface area is 142 Å². The zero-order valence-electron chi connectivity index (χ0n) is 14.4. The van der Waals surface area contributed by atoms with Gasteiger partial charge in [0.15, 0.2) is 0 Å². The molecule has 2 amide bonds. The summed E-state index contributed by atoms with van der Waals surface area (Å²) >= 11 is 0. The number of carbonyl (C=O) groups excluding carboxylic acids is 2. The van der Waals surface area contributed by atoms with E-state index in [1.807, 2.05) is 44.2 Å². The van der Waals surface area contributed by atoms with Crippen LogP contribution in [0.25, 0.3) is 0 Å². The smallest absolute Gasteiger partial charge is 0.223 e. The van der Waals surface area contributed by atoms with Gasteiger partial charge in [0.1, 0.15) is 0 Å². The lowest BCUT2D eigenvalue weighted by Crippen LogP contribution is -2.34. The van der Waals surface area contributed by atoms with Gasteiger partial charge >= 0.3 is 0 Å². The number of anilines is 1. The van der Waals surface area contributed by atoms with Crippen molar-refractivity contribution in [3.63, 3.8) is 0 Å². The monoisotopic (exact) mass is 325 g/mol. The molecule has 1 heterocycles. The minimum Gasteiger partial charge on any atom is -0.352 e. The van der Waals surface area contributed by atoms with Gasteiger partial charge in [-0.3, -0.25) is 14.6 Å². The lowest BCUT2D eigenvalue weighted by molar-refractivity contribution is -0.121. The van der Waals surface area contributed by atoms with Crippen molar-refractivity contribution >= 4 is 17.5 Å². The van der Waals surface area contributed by atoms with E-state index < -0.39 is 0 Å². The molecule has 0 bridgehead atoms. The Hall–Kier alpha value is -2.69. The van der Waals surface area contributed by atoms with E-state index in [1.54, 1.807) is 17.3 Å². The van der Waals surface area contributed by atoms with Crippen LogP contribution >= 0.6 is 0 Å². The van der Waals surface area contributed by atoms with Crippen LogP contribution in [-0.2, 0) is 16.1 Å². The van der Waals surface area contributed by atoms with Gasteiger partial charge in [0, 0.05) is 44.5 Å². The SMILES string of the molecule is CC(=O)N(CCC(=O)NCc1cccnc1)c1cc(C)ccc1C. The third-order valence-electron chi connectivity index (χ3n) is 3.81. The summed E-state index contributed by atoms with van der Waals surface area (Å²) in [5.74, 6) is -0.154. The van der Waals surface area contributed by atoms with E-state index in [1.165, 1.54) is 6.92 Å². The van der Waals surface area contributed by atoms with Crippen LogP contribution in [0, 0.1) is 13.8 Å². The maximum Gasteiger partial charge on any atom is 0.223 e. The highest BCUT2D eigenvalue weighted by atomic mass is 16.2. The first-order valence-corrected chi connectivity index (χ1v) is 7.98. The largest absolute Gasteiger partial charge is 0.352 e. The fourth-order valence-electron chi connectivity index (χ4n) is 2.46. The van der Waals surface area contributed by atoms with Crippen LogP contribution in [0.15, 0.2) is 42.7 Å². The number of rotatable bonds is 6. The van der Waals surface area contributed by atoms with Crippen molar-refractivity contribution in [3.05, 3.63) is 59.4 Å². The molecule has 0 aliphatic rings. The average molecular weight is 325 g/mol. The van der Waals surface area contributed by atoms with Gasteiger partial charge in [-0.05, 0) is 42.7 Å². The molecule has 126 valence electrons. The summed E-state index contributed by atoms with van der Waals surface area (Å²) in [6.07, 6.45) is 3.67. The second-order valence-corrected chi connectivity index (χ2v) is 5.85. The molecule has 0 unspecified atom stereocenters. The van der Waals surface area contributed by atoms with Crippen molar-refractivity contribution in [2.75, 3.05) is 11.4 Å². The molecule has 2 rings (SSSR count). The Morgan fingerprint density at radius 2 is 2.00 bits per heavy atom. The highest BCUT2D eigenvalue weighted by Crippen LogP contribution is 2.22. The third-order valence-corrected chi connectivity index (χ3v) is 3.81. The van der Waals surface area contributed by atoms with Gasteiger partial charge < -0.3 is 10.2 Å². The molecular weight excluding hydrogens is 302 g/mol. The van der Waals surface area contributed by atoms with E-state index >= 15 is 0 Å². The van der Waals surface area contributed by atoms with Crippen molar-refractivity contribution in [2.24, 2.45) is 0 Å². The van der Waals surface area contributed by atoms with E-state index in [-0.39, 0.29) is 18.2 Å². The maximum atomic E-state index is 12.1. The normalized spacial score (nSPS) is 10.3. The lowest BCUT2D eigenvalue weighted by Gasteiger charge is -2.23. The number of aromatic nitrogens is 1. The predicted molar refractivity (Wildman–Crippen MR) is 94.6 cm³/mol. The molecule has 5 heteroatoms. The number of pyridine rings is 1. The fraction of sp³-hybridized carbons (Fsp3) is 0.316. The number of hydrogen-bond donors (Lipinski definition) is 1. The van der Waals surface area contributed by atoms with Gasteiger partial charge in [-0.1, -0.05) is 18.2 Å². The van der Waals surface area contributed by atoms with Crippen molar-refractivity contribution < 1.29 is 9.59 Å². The van der Waals surface area contributed by atoms with E-state index in [0.717, 1.165) is 22.4 Å². The van der Waals surface area contributed by atoms with E-state index in [9.17, 15) is 9.59 Å². The topological polar surface area (TPSA) is 62.3 Å². The molecule has 0 saturated heterocycles. The predicted octanol–water partition coefficient (Wildman–Crippen LogP) is 2.76. The Morgan fingerprint density at radius 1 is 1.21 bits per heavy atom. The molecule has 0 atom stereocenters. The minimum atomic E-state index is -0.0876. The minimum absolute atomic E-state index is 0.0660. The van der Waals surface area contributed by atoms with Crippen LogP contribution in [0.4, 0.5) is 5.69 Å². The van der Waals surface area contributed by atoms with Crippen molar-refractivity contribution in [2.45, 2.75) is 33.7 Å². The standard InChI is InChI=1S/C19H23N3O2/c1-14-6-7-15(2)18(11-14)22(16(3)23)10-8-19(24)21-13-17-5-4-9-20-12-17/h4-7,9,11-12H,8,10,13H2,1-3H3,(H,21,24). The number of benzene rings is 1. The summed E-state index contributed by atoms with van der Waals surface area (Å²) in [6.45, 7) is 6.28. The molecule has 2 aromatic rings. The molecule has 0 fully saturated rings. The number of amides is 2. The number of nitrogens with zero attached hydrogens (tertiary/aromatic N) is 2. The molecule has 0 aliphatic heterocycles. The van der Waals surface area contributed by atoms with Gasteiger partial charge in [-0.25, -0.2) is 0 Å². The fourth-order valence-corrected chi connectivity index (χ4v) is 2.46. The summed E-state index contributed by atoms with van der Waals surface area (Å²) < 4.78 is 0. The Bertz CT molecular complexity index is 714. The van der Waals surface area contributed by atoms with Gasteiger partial charge in [0.05, 0.1) is 0 Å². The van der Waals surface area contributed by atoms with E-state index in [0.29, 0.717) is 13.1 Å². The van der Waals surface area contributed by atoms with Crippen molar-refractivity contribution in [3.8, 4) is 0 Å². The van der Waals surface area contributed by atoms with Gasteiger partial charge in [0.25, 0.3) is 0 Å². The first-order chi connectivity index (χ1) is 11.5. The maximum absolute atomic E-state index is 12.1. The average Bonchev–Trinajstić information content (AvgIpc) is 2.57. The van der Waals surface area contributed by atoms with Crippen LogP contribution in [0.3, 0.4) is 0 Å². The Kier molecular flexibility index (Phi) is 6.07. The lowest BCUT2D eigenvalue weighted by atomic mass is 10.1. The summed E-state index contributed by atoms with van der Waals surface area (Å²) in [6, 6.07) is 9.72. The Balaban J connectivity index is 1.95. The zero-order chi connectivity index (χ0) is 17.5. The van der Waals surface area contributed by atoms with E-state index in [2.05, 4.69) is 10.3 Å². The highest BCUT2D eigenvalue weighted by Gasteiger charge is 2.15. The zero-order valence-corrected chi connectivity index (χ0v) is 14.4. The quantitative estimate of drug-likeness (QED) is 0.888. The molecule has 1 aromatic heterocycles. The first-order valence-electron chi connectivity index (χ1n) is 7.98. The van der Waals surface area contributed by atoms with Crippen LogP contribution in [0.1, 0.15) is 30.0 Å². The van der Waals surface area contributed by atoms with Gasteiger partial charge in [0.2, 0.25) is 11.8 Å². The van der Waals surface area contributed by atoms with Crippen LogP contribution in [0.2, 0.25) is 0 Å². The van der Waals surface area contributed by atoms with Crippen molar-refractivity contribution in [1.82, 2.24) is 10.3 Å². The molecule has 1 N–H and O–H groups in total. The highest BCUT2D eigenvalue weighted by molar-refractivity contribution is 5.93. The second-order valence-electron chi connectivity index (χ2n) is 5.85. The number of hydrogen-bond acceptors (Lipinski definition) is 3. The molecular formula is C19H23N3O2. The molecule has 0 radical (unpaired) electrons. The summed E-state index contributed by atoms with van der Waals surface area (Å²) in [5.41, 5.74) is 3.92. The van der Waals surface area contributed by atoms with E-state index in [4.69, 9.17) is 0 Å². The molecule has 5 nitrogen and oxygen atoms in total. The summed E-state index contributed by atoms with van der Waals surface area (Å²) in [7, 11) is 0. The number of nitrogens with one attached hydrogen (secondary N) is 1. The number of aryl methyl sites for hydroxylation is 2. The van der Waals surface area contributed by atoms with Gasteiger partial charge in [-0.2, -0.15) is 0 Å². The van der Waals surface area contributed by atoms with Crippen molar-refractivity contribution in [1.29, 1.82) is 0 Å². The second kappa shape index (κ2) is 8.24.